The maximum atomic E-state index is 4.22. The van der Waals surface area contributed by atoms with Crippen LogP contribution in [0.25, 0.3) is 0 Å². The normalized spacial score (nSPS) is 22.9. The second kappa shape index (κ2) is 5.65. The molecular weight excluding hydrogens is 292 g/mol. The van der Waals surface area contributed by atoms with Crippen molar-refractivity contribution in [2.75, 3.05) is 39.3 Å². The van der Waals surface area contributed by atoms with Gasteiger partial charge in [0.2, 0.25) is 0 Å². The van der Waals surface area contributed by atoms with Crippen molar-refractivity contribution < 1.29 is 0 Å². The molecule has 0 atom stereocenters. The lowest BCUT2D eigenvalue weighted by Crippen LogP contribution is -2.61. The van der Waals surface area contributed by atoms with Crippen LogP contribution in [0.5, 0.6) is 0 Å². The SMILES string of the molecule is Brc1cncc(CN2CCN(C3CNC3)CC2)c1. The fourth-order valence-corrected chi connectivity index (χ4v) is 3.03. The van der Waals surface area contributed by atoms with E-state index in [2.05, 4.69) is 42.1 Å². The minimum atomic E-state index is 0.791. The zero-order valence-corrected chi connectivity index (χ0v) is 12.1. The summed E-state index contributed by atoms with van der Waals surface area (Å²) < 4.78 is 1.07. The Labute approximate surface area is 116 Å². The second-order valence-electron chi connectivity index (χ2n) is 5.14. The number of nitrogens with one attached hydrogen (secondary N) is 1. The molecule has 0 amide bonds. The van der Waals surface area contributed by atoms with Crippen molar-refractivity contribution in [3.63, 3.8) is 0 Å². The molecule has 18 heavy (non-hydrogen) atoms. The van der Waals surface area contributed by atoms with Gasteiger partial charge in [0.15, 0.2) is 0 Å². The van der Waals surface area contributed by atoms with Crippen LogP contribution in [0, 0.1) is 0 Å². The van der Waals surface area contributed by atoms with Crippen molar-refractivity contribution in [2.45, 2.75) is 12.6 Å². The molecule has 4 nitrogen and oxygen atoms in total. The molecule has 0 spiro atoms. The molecule has 0 radical (unpaired) electrons. The van der Waals surface area contributed by atoms with Gasteiger partial charge in [0.25, 0.3) is 0 Å². The molecule has 3 heterocycles. The molecule has 0 unspecified atom stereocenters. The topological polar surface area (TPSA) is 31.4 Å². The number of piperazine rings is 1. The lowest BCUT2D eigenvalue weighted by atomic mass is 10.1. The maximum absolute atomic E-state index is 4.22. The van der Waals surface area contributed by atoms with Crippen LogP contribution in [0.3, 0.4) is 0 Å². The lowest BCUT2D eigenvalue weighted by Gasteiger charge is -2.43. The number of nitrogens with zero attached hydrogens (tertiary/aromatic N) is 3. The third kappa shape index (κ3) is 2.91. The molecule has 1 aromatic rings. The summed E-state index contributed by atoms with van der Waals surface area (Å²) in [7, 11) is 0. The van der Waals surface area contributed by atoms with Gasteiger partial charge in [0, 0.05) is 68.7 Å². The Balaban J connectivity index is 1.50. The Morgan fingerprint density at radius 3 is 2.61 bits per heavy atom. The molecule has 0 saturated carbocycles. The predicted octanol–water partition coefficient (Wildman–Crippen LogP) is 0.933. The molecule has 0 aromatic carbocycles. The van der Waals surface area contributed by atoms with E-state index < -0.39 is 0 Å². The molecule has 0 aliphatic carbocycles. The molecule has 5 heteroatoms. The van der Waals surface area contributed by atoms with Crippen LogP contribution in [0.4, 0.5) is 0 Å². The van der Waals surface area contributed by atoms with Crippen molar-refractivity contribution in [2.24, 2.45) is 0 Å². The van der Waals surface area contributed by atoms with E-state index in [1.807, 2.05) is 12.4 Å². The van der Waals surface area contributed by atoms with Crippen LogP contribution in [0.2, 0.25) is 0 Å². The first kappa shape index (κ1) is 12.5. The summed E-state index contributed by atoms with van der Waals surface area (Å²) in [6.45, 7) is 8.11. The molecular formula is C13H19BrN4. The summed E-state index contributed by atoms with van der Waals surface area (Å²) in [6, 6.07) is 2.95. The Hall–Kier alpha value is -0.490. The molecule has 1 N–H and O–H groups in total. The Morgan fingerprint density at radius 2 is 2.00 bits per heavy atom. The number of aromatic nitrogens is 1. The quantitative estimate of drug-likeness (QED) is 0.900. The third-order valence-electron chi connectivity index (χ3n) is 3.85. The Bertz CT molecular complexity index is 400. The van der Waals surface area contributed by atoms with Gasteiger partial charge in [-0.25, -0.2) is 0 Å². The van der Waals surface area contributed by atoms with E-state index in [0.717, 1.165) is 17.1 Å². The van der Waals surface area contributed by atoms with Crippen molar-refractivity contribution >= 4 is 15.9 Å². The number of hydrogen-bond acceptors (Lipinski definition) is 4. The number of halogens is 1. The van der Waals surface area contributed by atoms with Crippen molar-refractivity contribution in [1.82, 2.24) is 20.1 Å². The summed E-state index contributed by atoms with van der Waals surface area (Å²) in [5.74, 6) is 0. The summed E-state index contributed by atoms with van der Waals surface area (Å²) in [5.41, 5.74) is 1.29. The van der Waals surface area contributed by atoms with E-state index in [1.165, 1.54) is 44.8 Å². The average molecular weight is 311 g/mol. The van der Waals surface area contributed by atoms with E-state index in [4.69, 9.17) is 0 Å². The third-order valence-corrected chi connectivity index (χ3v) is 4.28. The average Bonchev–Trinajstić information content (AvgIpc) is 2.29. The summed E-state index contributed by atoms with van der Waals surface area (Å²) in [5, 5.41) is 3.35. The van der Waals surface area contributed by atoms with Gasteiger partial charge < -0.3 is 5.32 Å². The van der Waals surface area contributed by atoms with Gasteiger partial charge in [-0.15, -0.1) is 0 Å². The van der Waals surface area contributed by atoms with Gasteiger partial charge in [-0.2, -0.15) is 0 Å². The minimum absolute atomic E-state index is 0.791. The number of hydrogen-bond donors (Lipinski definition) is 1. The highest BCUT2D eigenvalue weighted by atomic mass is 79.9. The highest BCUT2D eigenvalue weighted by Gasteiger charge is 2.27. The van der Waals surface area contributed by atoms with Crippen LogP contribution in [-0.2, 0) is 6.54 Å². The van der Waals surface area contributed by atoms with Gasteiger partial charge >= 0.3 is 0 Å². The Kier molecular flexibility index (Phi) is 3.94. The molecule has 3 rings (SSSR count). The molecule has 0 bridgehead atoms. The van der Waals surface area contributed by atoms with Crippen LogP contribution >= 0.6 is 15.9 Å². The first-order valence-corrected chi connectivity index (χ1v) is 7.37. The number of rotatable bonds is 3. The van der Waals surface area contributed by atoms with Crippen molar-refractivity contribution in [3.8, 4) is 0 Å². The van der Waals surface area contributed by atoms with E-state index >= 15 is 0 Å². The highest BCUT2D eigenvalue weighted by Crippen LogP contribution is 2.14. The predicted molar refractivity (Wildman–Crippen MR) is 75.4 cm³/mol. The number of pyridine rings is 1. The zero-order valence-electron chi connectivity index (χ0n) is 10.5. The van der Waals surface area contributed by atoms with E-state index in [0.29, 0.717) is 0 Å². The monoisotopic (exact) mass is 310 g/mol. The van der Waals surface area contributed by atoms with Gasteiger partial charge in [0.1, 0.15) is 0 Å². The highest BCUT2D eigenvalue weighted by molar-refractivity contribution is 9.10. The lowest BCUT2D eigenvalue weighted by molar-refractivity contribution is 0.0695. The summed E-state index contributed by atoms with van der Waals surface area (Å²) in [6.07, 6.45) is 3.80. The minimum Gasteiger partial charge on any atom is -0.314 e. The zero-order chi connectivity index (χ0) is 12.4. The standard InChI is InChI=1S/C13H19BrN4/c14-12-5-11(6-15-7-12)10-17-1-3-18(4-2-17)13-8-16-9-13/h5-7,13,16H,1-4,8-10H2. The van der Waals surface area contributed by atoms with Crippen molar-refractivity contribution in [1.29, 1.82) is 0 Å². The molecule has 2 aliphatic rings. The summed E-state index contributed by atoms with van der Waals surface area (Å²) >= 11 is 3.48. The summed E-state index contributed by atoms with van der Waals surface area (Å²) in [4.78, 5) is 9.36. The maximum Gasteiger partial charge on any atom is 0.0410 e. The van der Waals surface area contributed by atoms with Gasteiger partial charge in [-0.05, 0) is 27.6 Å². The van der Waals surface area contributed by atoms with Gasteiger partial charge in [-0.1, -0.05) is 0 Å². The molecule has 2 aliphatic heterocycles. The second-order valence-corrected chi connectivity index (χ2v) is 6.05. The fourth-order valence-electron chi connectivity index (χ4n) is 2.62. The fraction of sp³-hybridized carbons (Fsp3) is 0.615. The molecule has 1 aromatic heterocycles. The van der Waals surface area contributed by atoms with Crippen LogP contribution in [0.1, 0.15) is 5.56 Å². The van der Waals surface area contributed by atoms with Gasteiger partial charge in [-0.3, -0.25) is 14.8 Å². The Morgan fingerprint density at radius 1 is 1.22 bits per heavy atom. The van der Waals surface area contributed by atoms with E-state index in [1.54, 1.807) is 0 Å². The van der Waals surface area contributed by atoms with Crippen LogP contribution in [-0.4, -0.2) is 60.1 Å². The van der Waals surface area contributed by atoms with Gasteiger partial charge in [0.05, 0.1) is 0 Å². The van der Waals surface area contributed by atoms with Crippen molar-refractivity contribution in [3.05, 3.63) is 28.5 Å². The molecule has 2 fully saturated rings. The first-order chi connectivity index (χ1) is 8.81. The first-order valence-electron chi connectivity index (χ1n) is 6.58. The molecule has 2 saturated heterocycles. The van der Waals surface area contributed by atoms with E-state index in [9.17, 15) is 0 Å². The van der Waals surface area contributed by atoms with E-state index in [-0.39, 0.29) is 0 Å². The smallest absolute Gasteiger partial charge is 0.0410 e. The molecule has 98 valence electrons. The van der Waals surface area contributed by atoms with Crippen LogP contribution in [0.15, 0.2) is 22.9 Å². The largest absolute Gasteiger partial charge is 0.314 e. The van der Waals surface area contributed by atoms with Crippen LogP contribution < -0.4 is 5.32 Å².